The van der Waals surface area contributed by atoms with E-state index in [4.69, 9.17) is 0 Å². The molecular weight excluding hydrogens is 374 g/mol. The number of rotatable bonds is 6. The first-order valence-electron chi connectivity index (χ1n) is 10.6. The van der Waals surface area contributed by atoms with Gasteiger partial charge in [0.2, 0.25) is 0 Å². The maximum atomic E-state index is 13.1. The summed E-state index contributed by atoms with van der Waals surface area (Å²) < 4.78 is 1.78. The Kier molecular flexibility index (Phi) is 5.95. The summed E-state index contributed by atoms with van der Waals surface area (Å²) in [6.07, 6.45) is 4.36. The van der Waals surface area contributed by atoms with Crippen molar-refractivity contribution in [1.82, 2.24) is 25.0 Å². The van der Waals surface area contributed by atoms with E-state index in [0.717, 1.165) is 31.0 Å². The van der Waals surface area contributed by atoms with Crippen molar-refractivity contribution in [1.29, 1.82) is 0 Å². The second kappa shape index (κ2) is 8.79. The summed E-state index contributed by atoms with van der Waals surface area (Å²) in [5.41, 5.74) is 2.83. The Morgan fingerprint density at radius 1 is 1.10 bits per heavy atom. The Morgan fingerprint density at radius 2 is 1.87 bits per heavy atom. The average Bonchev–Trinajstić information content (AvgIpc) is 3.42. The molecular formula is C24H29N5O. The molecule has 0 saturated carbocycles. The zero-order valence-corrected chi connectivity index (χ0v) is 17.8. The van der Waals surface area contributed by atoms with E-state index in [-0.39, 0.29) is 17.9 Å². The van der Waals surface area contributed by atoms with Crippen molar-refractivity contribution in [3.63, 3.8) is 0 Å². The number of nitrogens with one attached hydrogen (secondary N) is 1. The predicted molar refractivity (Wildman–Crippen MR) is 118 cm³/mol. The van der Waals surface area contributed by atoms with Crippen molar-refractivity contribution < 1.29 is 4.79 Å². The summed E-state index contributed by atoms with van der Waals surface area (Å²) in [7, 11) is 0. The van der Waals surface area contributed by atoms with Crippen LogP contribution in [0, 0.1) is 0 Å². The van der Waals surface area contributed by atoms with Crippen molar-refractivity contribution in [3.05, 3.63) is 77.7 Å². The van der Waals surface area contributed by atoms with E-state index in [2.05, 4.69) is 65.3 Å². The third-order valence-electron chi connectivity index (χ3n) is 5.85. The molecule has 1 aliphatic heterocycles. The lowest BCUT2D eigenvalue weighted by Crippen LogP contribution is -2.38. The van der Waals surface area contributed by atoms with Gasteiger partial charge in [-0.3, -0.25) is 9.69 Å². The smallest absolute Gasteiger partial charge is 0.255 e. The standard InChI is InChI=1S/C24H29N5O/c1-17(2)23-21(15-26-29(23)22-11-7-8-13-25-22)24(30)27-20-12-14-28(16-20)18(3)19-9-5-4-6-10-19/h4-11,13,15,17-18,20H,12,14,16H2,1-3H3,(H,27,30). The van der Waals surface area contributed by atoms with Gasteiger partial charge in [0.05, 0.1) is 17.5 Å². The summed E-state index contributed by atoms with van der Waals surface area (Å²) in [5.74, 6) is 0.817. The number of nitrogens with zero attached hydrogens (tertiary/aromatic N) is 4. The predicted octanol–water partition coefficient (Wildman–Crippen LogP) is 3.96. The van der Waals surface area contributed by atoms with E-state index in [9.17, 15) is 4.79 Å². The van der Waals surface area contributed by atoms with Crippen LogP contribution in [0.5, 0.6) is 0 Å². The van der Waals surface area contributed by atoms with E-state index < -0.39 is 0 Å². The van der Waals surface area contributed by atoms with Crippen molar-refractivity contribution in [2.75, 3.05) is 13.1 Å². The minimum Gasteiger partial charge on any atom is -0.348 e. The normalized spacial score (nSPS) is 17.9. The van der Waals surface area contributed by atoms with Crippen LogP contribution in [-0.4, -0.2) is 44.7 Å². The third-order valence-corrected chi connectivity index (χ3v) is 5.85. The number of hydrogen-bond acceptors (Lipinski definition) is 4. The van der Waals surface area contributed by atoms with Gasteiger partial charge in [-0.05, 0) is 37.0 Å². The highest BCUT2D eigenvalue weighted by Crippen LogP contribution is 2.26. The molecule has 4 rings (SSSR count). The van der Waals surface area contributed by atoms with Crippen LogP contribution in [-0.2, 0) is 0 Å². The molecule has 6 heteroatoms. The number of carbonyl (C=O) groups is 1. The van der Waals surface area contributed by atoms with Gasteiger partial charge in [0.25, 0.3) is 5.91 Å². The average molecular weight is 404 g/mol. The molecule has 0 radical (unpaired) electrons. The largest absolute Gasteiger partial charge is 0.348 e. The van der Waals surface area contributed by atoms with Gasteiger partial charge in [-0.15, -0.1) is 0 Å². The van der Waals surface area contributed by atoms with E-state index in [1.165, 1.54) is 5.56 Å². The molecule has 1 saturated heterocycles. The maximum Gasteiger partial charge on any atom is 0.255 e. The van der Waals surface area contributed by atoms with E-state index >= 15 is 0 Å². The molecule has 1 N–H and O–H groups in total. The monoisotopic (exact) mass is 403 g/mol. The van der Waals surface area contributed by atoms with Crippen LogP contribution in [0.4, 0.5) is 0 Å². The number of aromatic nitrogens is 3. The molecule has 30 heavy (non-hydrogen) atoms. The number of pyridine rings is 1. The Labute approximate surface area is 177 Å². The van der Waals surface area contributed by atoms with Gasteiger partial charge in [0.1, 0.15) is 0 Å². The highest BCUT2D eigenvalue weighted by molar-refractivity contribution is 5.95. The van der Waals surface area contributed by atoms with Gasteiger partial charge >= 0.3 is 0 Å². The zero-order chi connectivity index (χ0) is 21.1. The first-order chi connectivity index (χ1) is 14.5. The molecule has 2 aromatic heterocycles. The highest BCUT2D eigenvalue weighted by atomic mass is 16.1. The Balaban J connectivity index is 1.47. The molecule has 0 aliphatic carbocycles. The number of benzene rings is 1. The van der Waals surface area contributed by atoms with Gasteiger partial charge < -0.3 is 5.32 Å². The number of likely N-dealkylation sites (tertiary alicyclic amines) is 1. The molecule has 1 aromatic carbocycles. The van der Waals surface area contributed by atoms with Crippen LogP contribution < -0.4 is 5.32 Å². The molecule has 3 aromatic rings. The molecule has 156 valence electrons. The fourth-order valence-corrected chi connectivity index (χ4v) is 4.21. The fraction of sp³-hybridized carbons (Fsp3) is 0.375. The molecule has 2 atom stereocenters. The molecule has 0 bridgehead atoms. The fourth-order valence-electron chi connectivity index (χ4n) is 4.21. The molecule has 1 fully saturated rings. The second-order valence-electron chi connectivity index (χ2n) is 8.24. The first-order valence-corrected chi connectivity index (χ1v) is 10.6. The lowest BCUT2D eigenvalue weighted by atomic mass is 10.0. The molecule has 3 heterocycles. The quantitative estimate of drug-likeness (QED) is 0.677. The summed E-state index contributed by atoms with van der Waals surface area (Å²) in [6, 6.07) is 16.7. The number of hydrogen-bond donors (Lipinski definition) is 1. The third kappa shape index (κ3) is 4.14. The van der Waals surface area contributed by atoms with Crippen molar-refractivity contribution in [2.45, 2.75) is 45.2 Å². The summed E-state index contributed by atoms with van der Waals surface area (Å²) in [5, 5.41) is 7.71. The maximum absolute atomic E-state index is 13.1. The van der Waals surface area contributed by atoms with Crippen molar-refractivity contribution >= 4 is 5.91 Å². The molecule has 6 nitrogen and oxygen atoms in total. The lowest BCUT2D eigenvalue weighted by molar-refractivity contribution is 0.0935. The molecule has 0 spiro atoms. The Hall–Kier alpha value is -2.99. The van der Waals surface area contributed by atoms with Crippen molar-refractivity contribution in [3.8, 4) is 5.82 Å². The van der Waals surface area contributed by atoms with Crippen LogP contribution in [0.25, 0.3) is 5.82 Å². The van der Waals surface area contributed by atoms with Crippen molar-refractivity contribution in [2.24, 2.45) is 0 Å². The van der Waals surface area contributed by atoms with E-state index in [1.54, 1.807) is 17.1 Å². The van der Waals surface area contributed by atoms with Gasteiger partial charge in [0, 0.05) is 31.4 Å². The number of amides is 1. The number of carbonyl (C=O) groups excluding carboxylic acids is 1. The Bertz CT molecular complexity index is 983. The van der Waals surface area contributed by atoms with Gasteiger partial charge in [-0.1, -0.05) is 50.2 Å². The van der Waals surface area contributed by atoms with Gasteiger partial charge in [-0.25, -0.2) is 9.67 Å². The van der Waals surface area contributed by atoms with Crippen LogP contribution in [0.2, 0.25) is 0 Å². The lowest BCUT2D eigenvalue weighted by Gasteiger charge is -2.24. The minimum absolute atomic E-state index is 0.0555. The van der Waals surface area contributed by atoms with Gasteiger partial charge in [0.15, 0.2) is 5.82 Å². The summed E-state index contributed by atoms with van der Waals surface area (Å²) >= 11 is 0. The van der Waals surface area contributed by atoms with Crippen LogP contribution in [0.3, 0.4) is 0 Å². The topological polar surface area (TPSA) is 63.1 Å². The molecule has 2 unspecified atom stereocenters. The SMILES string of the molecule is CC(C)c1c(C(=O)NC2CCN(C(C)c3ccccc3)C2)cnn1-c1ccccn1. The highest BCUT2D eigenvalue weighted by Gasteiger charge is 2.29. The summed E-state index contributed by atoms with van der Waals surface area (Å²) in [6.45, 7) is 8.21. The van der Waals surface area contributed by atoms with Gasteiger partial charge in [-0.2, -0.15) is 5.10 Å². The minimum atomic E-state index is -0.0555. The molecule has 1 amide bonds. The second-order valence-corrected chi connectivity index (χ2v) is 8.24. The van der Waals surface area contributed by atoms with E-state index in [1.807, 2.05) is 24.3 Å². The Morgan fingerprint density at radius 3 is 2.57 bits per heavy atom. The van der Waals surface area contributed by atoms with E-state index in [0.29, 0.717) is 11.6 Å². The van der Waals surface area contributed by atoms with Crippen LogP contribution >= 0.6 is 0 Å². The first kappa shape index (κ1) is 20.3. The zero-order valence-electron chi connectivity index (χ0n) is 17.8. The summed E-state index contributed by atoms with van der Waals surface area (Å²) in [4.78, 5) is 19.9. The molecule has 1 aliphatic rings. The van der Waals surface area contributed by atoms with Crippen LogP contribution in [0.15, 0.2) is 60.9 Å². The van der Waals surface area contributed by atoms with Crippen LogP contribution in [0.1, 0.15) is 60.8 Å².